The molecule has 10 heteroatoms. The quantitative estimate of drug-likeness (QED) is 0.0938. The van der Waals surface area contributed by atoms with Crippen molar-refractivity contribution in [3.63, 3.8) is 0 Å². The Hall–Kier alpha value is -4.93. The van der Waals surface area contributed by atoms with Crippen molar-refractivity contribution in [3.8, 4) is 22.7 Å². The largest absolute Gasteiger partial charge is 0.489 e. The number of rotatable bonds is 10. The molecule has 0 N–H and O–H groups in total. The van der Waals surface area contributed by atoms with Gasteiger partial charge < -0.3 is 9.47 Å². The van der Waals surface area contributed by atoms with Crippen molar-refractivity contribution in [2.24, 2.45) is 4.99 Å². The van der Waals surface area contributed by atoms with E-state index in [9.17, 15) is 9.59 Å². The normalized spacial score (nSPS) is 14.5. The summed E-state index contributed by atoms with van der Waals surface area (Å²) in [5.74, 6) is 0.283. The number of aryl methyl sites for hydroxylation is 1. The number of thioether (sulfide) groups is 1. The fraction of sp³-hybridized carbons (Fsp3) is 0.211. The minimum absolute atomic E-state index is 0.247. The molecule has 0 fully saturated rings. The number of fused-ring (bicyclic) bond motifs is 1. The predicted octanol–water partition coefficient (Wildman–Crippen LogP) is 6.63. The third-order valence-electron chi connectivity index (χ3n) is 7.87. The van der Waals surface area contributed by atoms with Crippen LogP contribution in [-0.4, -0.2) is 39.3 Å². The summed E-state index contributed by atoms with van der Waals surface area (Å²) in [6.07, 6.45) is 7.18. The number of benzene rings is 3. The molecular weight excluding hydrogens is 641 g/mol. The Morgan fingerprint density at radius 3 is 2.50 bits per heavy atom. The summed E-state index contributed by atoms with van der Waals surface area (Å²) in [4.78, 5) is 34.3. The van der Waals surface area contributed by atoms with Crippen LogP contribution in [0.3, 0.4) is 0 Å². The van der Waals surface area contributed by atoms with Crippen LogP contribution in [0.15, 0.2) is 118 Å². The summed E-state index contributed by atoms with van der Waals surface area (Å²) < 4.78 is 15.4. The molecule has 1 atom stereocenters. The molecule has 8 nitrogen and oxygen atoms in total. The molecule has 0 spiro atoms. The first-order valence-electron chi connectivity index (χ1n) is 15.6. The minimum atomic E-state index is -0.692. The van der Waals surface area contributed by atoms with E-state index in [1.54, 1.807) is 29.3 Å². The van der Waals surface area contributed by atoms with Crippen molar-refractivity contribution in [1.82, 2.24) is 14.3 Å². The molecule has 3 aromatic carbocycles. The zero-order valence-electron chi connectivity index (χ0n) is 27.5. The number of thiazole rings is 1. The summed E-state index contributed by atoms with van der Waals surface area (Å²) in [5, 5.41) is 4.97. The molecule has 1 aliphatic rings. The molecular formula is C38H36N4O4S2. The smallest absolute Gasteiger partial charge is 0.338 e. The van der Waals surface area contributed by atoms with Crippen LogP contribution in [0.25, 0.3) is 23.0 Å². The Balaban J connectivity index is 1.53. The van der Waals surface area contributed by atoms with Gasteiger partial charge in [-0.25, -0.2) is 14.5 Å². The van der Waals surface area contributed by atoms with Crippen LogP contribution >= 0.6 is 23.1 Å². The summed E-state index contributed by atoms with van der Waals surface area (Å²) in [7, 11) is 0. The highest BCUT2D eigenvalue weighted by atomic mass is 32.2. The van der Waals surface area contributed by atoms with Crippen molar-refractivity contribution < 1.29 is 14.3 Å². The maximum Gasteiger partial charge on any atom is 0.338 e. The number of carbonyl (C=O) groups is 1. The number of ether oxygens (including phenoxy) is 2. The molecule has 0 saturated carbocycles. The van der Waals surface area contributed by atoms with Gasteiger partial charge in [0.25, 0.3) is 5.56 Å². The molecule has 0 radical (unpaired) electrons. The summed E-state index contributed by atoms with van der Waals surface area (Å²) in [6, 6.07) is 23.0. The maximum absolute atomic E-state index is 14.4. The molecule has 2 aromatic heterocycles. The molecule has 244 valence electrons. The molecule has 0 aliphatic carbocycles. The second-order valence-corrected chi connectivity index (χ2v) is 13.5. The number of esters is 1. The lowest BCUT2D eigenvalue weighted by Gasteiger charge is -2.25. The lowest BCUT2D eigenvalue weighted by molar-refractivity contribution is -0.143. The van der Waals surface area contributed by atoms with Gasteiger partial charge in [0.1, 0.15) is 18.1 Å². The Labute approximate surface area is 287 Å². The van der Waals surface area contributed by atoms with Crippen LogP contribution in [-0.2, 0) is 9.53 Å². The molecule has 1 unspecified atom stereocenters. The molecule has 0 amide bonds. The highest BCUT2D eigenvalue weighted by molar-refractivity contribution is 7.98. The van der Waals surface area contributed by atoms with Gasteiger partial charge in [-0.3, -0.25) is 9.36 Å². The van der Waals surface area contributed by atoms with Crippen LogP contribution < -0.4 is 19.6 Å². The summed E-state index contributed by atoms with van der Waals surface area (Å²) in [5.41, 5.74) is 5.64. The monoisotopic (exact) mass is 676 g/mol. The van der Waals surface area contributed by atoms with Gasteiger partial charge in [0.15, 0.2) is 4.80 Å². The van der Waals surface area contributed by atoms with Gasteiger partial charge in [-0.05, 0) is 93.6 Å². The Kier molecular flexibility index (Phi) is 9.66. The molecule has 1 aliphatic heterocycles. The molecule has 0 bridgehead atoms. The average Bonchev–Trinajstić information content (AvgIpc) is 3.64. The van der Waals surface area contributed by atoms with E-state index in [2.05, 4.69) is 6.58 Å². The number of allylic oxidation sites excluding steroid dienone is 1. The van der Waals surface area contributed by atoms with Gasteiger partial charge in [0.2, 0.25) is 0 Å². The van der Waals surface area contributed by atoms with Crippen LogP contribution in [0.2, 0.25) is 0 Å². The number of carbonyl (C=O) groups excluding carboxylic acids is 1. The fourth-order valence-electron chi connectivity index (χ4n) is 5.64. The number of aromatic nitrogens is 3. The molecule has 5 aromatic rings. The standard InChI is InChI=1S/C38H36N4O4S2/c1-7-19-45-31-18-15-27(20-24(31)4)34-28(22-41(40-34)29-11-9-8-10-12-29)21-32-36(43)42-35(26-13-16-30(47-6)17-14-26)33(37(44)46-23(2)3)25(5)39-38(42)48-32/h7-18,20-23,35H,1,19H2,2-6H3/b32-21+. The SMILES string of the molecule is C=CCOc1ccc(-c2nn(-c3ccccc3)cc2/C=c2/sc3n(c2=O)C(c2ccc(SC)cc2)C(C(=O)OC(C)C)=C(C)N=3)cc1C. The van der Waals surface area contributed by atoms with E-state index in [1.165, 1.54) is 11.3 Å². The van der Waals surface area contributed by atoms with E-state index in [4.69, 9.17) is 19.6 Å². The van der Waals surface area contributed by atoms with Crippen molar-refractivity contribution in [2.75, 3.05) is 12.9 Å². The van der Waals surface area contributed by atoms with Crippen molar-refractivity contribution in [2.45, 2.75) is 44.7 Å². The molecule has 6 rings (SSSR count). The topological polar surface area (TPSA) is 87.7 Å². The van der Waals surface area contributed by atoms with Gasteiger partial charge in [0, 0.05) is 22.2 Å². The Bertz CT molecular complexity index is 2210. The molecule has 3 heterocycles. The first-order valence-corrected chi connectivity index (χ1v) is 17.6. The first kappa shape index (κ1) is 33.0. The highest BCUT2D eigenvalue weighted by Gasteiger charge is 2.34. The van der Waals surface area contributed by atoms with E-state index in [-0.39, 0.29) is 11.7 Å². The van der Waals surface area contributed by atoms with E-state index in [0.29, 0.717) is 32.9 Å². The molecule has 48 heavy (non-hydrogen) atoms. The molecule has 0 saturated heterocycles. The van der Waals surface area contributed by atoms with E-state index in [0.717, 1.165) is 38.6 Å². The Morgan fingerprint density at radius 1 is 1.08 bits per heavy atom. The highest BCUT2D eigenvalue weighted by Crippen LogP contribution is 2.33. The number of para-hydroxylation sites is 1. The zero-order valence-corrected chi connectivity index (χ0v) is 29.1. The van der Waals surface area contributed by atoms with E-state index in [1.807, 2.05) is 117 Å². The fourth-order valence-corrected chi connectivity index (χ4v) is 7.09. The lowest BCUT2D eigenvalue weighted by atomic mass is 9.96. The second-order valence-electron chi connectivity index (χ2n) is 11.6. The van der Waals surface area contributed by atoms with Gasteiger partial charge in [-0.15, -0.1) is 11.8 Å². The van der Waals surface area contributed by atoms with Crippen LogP contribution in [0.4, 0.5) is 0 Å². The zero-order chi connectivity index (χ0) is 33.9. The van der Waals surface area contributed by atoms with Crippen molar-refractivity contribution in [3.05, 3.63) is 139 Å². The maximum atomic E-state index is 14.4. The van der Waals surface area contributed by atoms with Gasteiger partial charge in [0.05, 0.1) is 33.6 Å². The second kappa shape index (κ2) is 14.0. The summed E-state index contributed by atoms with van der Waals surface area (Å²) >= 11 is 2.92. The first-order chi connectivity index (χ1) is 23.2. The third-order valence-corrected chi connectivity index (χ3v) is 9.60. The third kappa shape index (κ3) is 6.58. The number of hydrogen-bond acceptors (Lipinski definition) is 8. The van der Waals surface area contributed by atoms with E-state index >= 15 is 0 Å². The lowest BCUT2D eigenvalue weighted by Crippen LogP contribution is -2.40. The van der Waals surface area contributed by atoms with Gasteiger partial charge >= 0.3 is 5.97 Å². The number of nitrogens with zero attached hydrogens (tertiary/aromatic N) is 4. The summed E-state index contributed by atoms with van der Waals surface area (Å²) in [6.45, 7) is 11.6. The van der Waals surface area contributed by atoms with E-state index < -0.39 is 12.0 Å². The Morgan fingerprint density at radius 2 is 1.83 bits per heavy atom. The van der Waals surface area contributed by atoms with Gasteiger partial charge in [-0.2, -0.15) is 5.10 Å². The van der Waals surface area contributed by atoms with Crippen LogP contribution in [0.5, 0.6) is 5.75 Å². The predicted molar refractivity (Wildman–Crippen MR) is 193 cm³/mol. The van der Waals surface area contributed by atoms with Crippen LogP contribution in [0.1, 0.15) is 43.5 Å². The van der Waals surface area contributed by atoms with Crippen molar-refractivity contribution in [1.29, 1.82) is 0 Å². The van der Waals surface area contributed by atoms with Gasteiger partial charge in [-0.1, -0.05) is 54.3 Å². The number of hydrogen-bond donors (Lipinski definition) is 0. The van der Waals surface area contributed by atoms with Crippen molar-refractivity contribution >= 4 is 35.1 Å². The van der Waals surface area contributed by atoms with Crippen LogP contribution in [0, 0.1) is 6.92 Å². The minimum Gasteiger partial charge on any atom is -0.489 e. The average molecular weight is 677 g/mol.